The first-order valence-corrected chi connectivity index (χ1v) is 7.59. The summed E-state index contributed by atoms with van der Waals surface area (Å²) in [6, 6.07) is 11.4. The number of amides is 1. The zero-order valence-electron chi connectivity index (χ0n) is 14.1. The maximum absolute atomic E-state index is 12.5. The maximum Gasteiger partial charge on any atom is 0.291 e. The van der Waals surface area contributed by atoms with E-state index in [1.807, 2.05) is 13.0 Å². The number of ether oxygens (including phenoxy) is 2. The van der Waals surface area contributed by atoms with Crippen molar-refractivity contribution < 1.29 is 18.7 Å². The Balaban J connectivity index is 1.96. The third kappa shape index (κ3) is 3.33. The lowest BCUT2D eigenvalue weighted by atomic mass is 10.1. The van der Waals surface area contributed by atoms with Crippen molar-refractivity contribution in [3.05, 3.63) is 64.0 Å². The van der Waals surface area contributed by atoms with Crippen molar-refractivity contribution in [2.24, 2.45) is 0 Å². The second-order valence-corrected chi connectivity index (χ2v) is 5.49. The van der Waals surface area contributed by atoms with E-state index in [4.69, 9.17) is 13.9 Å². The summed E-state index contributed by atoms with van der Waals surface area (Å²) in [5, 5.41) is 3.12. The van der Waals surface area contributed by atoms with E-state index in [1.54, 1.807) is 37.4 Å². The zero-order chi connectivity index (χ0) is 18.0. The molecule has 1 amide bonds. The molecular weight excluding hydrogens is 322 g/mol. The first-order valence-electron chi connectivity index (χ1n) is 7.59. The summed E-state index contributed by atoms with van der Waals surface area (Å²) < 4.78 is 16.0. The number of fused-ring (bicyclic) bond motifs is 1. The van der Waals surface area contributed by atoms with Crippen LogP contribution in [0.1, 0.15) is 16.1 Å². The van der Waals surface area contributed by atoms with Crippen LogP contribution in [-0.2, 0) is 0 Å². The van der Waals surface area contributed by atoms with Gasteiger partial charge in [0.15, 0.2) is 11.2 Å². The standard InChI is InChI=1S/C19H17NO5/c1-11-4-6-13-15(21)10-18(25-16(13)8-11)19(22)20-14-7-5-12(23-2)9-17(14)24-3/h4-10H,1-3H3,(H,20,22). The SMILES string of the molecule is COc1ccc(NC(=O)c2cc(=O)c3ccc(C)cc3o2)c(OC)c1. The van der Waals surface area contributed by atoms with Crippen LogP contribution in [0.15, 0.2) is 51.7 Å². The summed E-state index contributed by atoms with van der Waals surface area (Å²) in [5.41, 5.74) is 1.48. The van der Waals surface area contributed by atoms with Gasteiger partial charge in [-0.25, -0.2) is 0 Å². The lowest BCUT2D eigenvalue weighted by Gasteiger charge is -2.11. The third-order valence-electron chi connectivity index (χ3n) is 3.77. The van der Waals surface area contributed by atoms with Gasteiger partial charge >= 0.3 is 0 Å². The molecule has 3 rings (SSSR count). The van der Waals surface area contributed by atoms with E-state index in [0.717, 1.165) is 5.56 Å². The molecule has 0 aliphatic carbocycles. The highest BCUT2D eigenvalue weighted by Gasteiger charge is 2.15. The van der Waals surface area contributed by atoms with Gasteiger partial charge in [-0.15, -0.1) is 0 Å². The number of nitrogens with one attached hydrogen (secondary N) is 1. The number of benzene rings is 2. The minimum atomic E-state index is -0.538. The molecule has 0 atom stereocenters. The molecule has 0 spiro atoms. The quantitative estimate of drug-likeness (QED) is 0.788. The van der Waals surface area contributed by atoms with Crippen LogP contribution in [0.2, 0.25) is 0 Å². The van der Waals surface area contributed by atoms with Crippen LogP contribution < -0.4 is 20.2 Å². The highest BCUT2D eigenvalue weighted by molar-refractivity contribution is 6.03. The van der Waals surface area contributed by atoms with Crippen molar-refractivity contribution >= 4 is 22.6 Å². The Morgan fingerprint density at radius 3 is 2.56 bits per heavy atom. The Hall–Kier alpha value is -3.28. The Morgan fingerprint density at radius 2 is 1.84 bits per heavy atom. The molecule has 6 heteroatoms. The first kappa shape index (κ1) is 16.6. The van der Waals surface area contributed by atoms with E-state index in [1.165, 1.54) is 13.2 Å². The summed E-state index contributed by atoms with van der Waals surface area (Å²) >= 11 is 0. The number of methoxy groups -OCH3 is 2. The number of carbonyl (C=O) groups is 1. The third-order valence-corrected chi connectivity index (χ3v) is 3.77. The molecule has 3 aromatic rings. The predicted molar refractivity (Wildman–Crippen MR) is 94.7 cm³/mol. The van der Waals surface area contributed by atoms with E-state index in [9.17, 15) is 9.59 Å². The molecule has 6 nitrogen and oxygen atoms in total. The molecule has 0 unspecified atom stereocenters. The molecule has 25 heavy (non-hydrogen) atoms. The minimum Gasteiger partial charge on any atom is -0.497 e. The number of hydrogen-bond acceptors (Lipinski definition) is 5. The van der Waals surface area contributed by atoms with Crippen LogP contribution in [0.5, 0.6) is 11.5 Å². The van der Waals surface area contributed by atoms with Crippen LogP contribution in [0, 0.1) is 6.92 Å². The van der Waals surface area contributed by atoms with Gasteiger partial charge < -0.3 is 19.2 Å². The summed E-state index contributed by atoms with van der Waals surface area (Å²) in [4.78, 5) is 24.7. The fourth-order valence-corrected chi connectivity index (χ4v) is 2.46. The van der Waals surface area contributed by atoms with Crippen LogP contribution in [0.25, 0.3) is 11.0 Å². The first-order chi connectivity index (χ1) is 12.0. The average Bonchev–Trinajstić information content (AvgIpc) is 2.61. The Kier molecular flexibility index (Phi) is 4.43. The molecular formula is C19H17NO5. The molecule has 0 radical (unpaired) electrons. The molecule has 0 aliphatic heterocycles. The highest BCUT2D eigenvalue weighted by Crippen LogP contribution is 2.29. The molecule has 128 valence electrons. The number of carbonyl (C=O) groups excluding carboxylic acids is 1. The smallest absolute Gasteiger partial charge is 0.291 e. The van der Waals surface area contributed by atoms with Gasteiger partial charge in [0.1, 0.15) is 17.1 Å². The summed E-state index contributed by atoms with van der Waals surface area (Å²) in [6.45, 7) is 1.88. The predicted octanol–water partition coefficient (Wildman–Crippen LogP) is 3.37. The van der Waals surface area contributed by atoms with Gasteiger partial charge in [0, 0.05) is 12.1 Å². The van der Waals surface area contributed by atoms with Crippen molar-refractivity contribution in [1.82, 2.24) is 0 Å². The monoisotopic (exact) mass is 339 g/mol. The van der Waals surface area contributed by atoms with E-state index >= 15 is 0 Å². The maximum atomic E-state index is 12.5. The van der Waals surface area contributed by atoms with Crippen molar-refractivity contribution in [3.8, 4) is 11.5 Å². The summed E-state index contributed by atoms with van der Waals surface area (Å²) in [6.07, 6.45) is 0. The largest absolute Gasteiger partial charge is 0.497 e. The van der Waals surface area contributed by atoms with E-state index in [0.29, 0.717) is 28.2 Å². The zero-order valence-corrected chi connectivity index (χ0v) is 14.1. The number of hydrogen-bond donors (Lipinski definition) is 1. The van der Waals surface area contributed by atoms with Crippen LogP contribution >= 0.6 is 0 Å². The van der Waals surface area contributed by atoms with Gasteiger partial charge in [0.05, 0.1) is 25.3 Å². The Bertz CT molecular complexity index is 1010. The molecule has 1 heterocycles. The molecule has 2 aromatic carbocycles. The lowest BCUT2D eigenvalue weighted by molar-refractivity contribution is 0.0996. The Morgan fingerprint density at radius 1 is 1.04 bits per heavy atom. The molecule has 0 saturated heterocycles. The van der Waals surface area contributed by atoms with Crippen LogP contribution in [-0.4, -0.2) is 20.1 Å². The molecule has 1 aromatic heterocycles. The normalized spacial score (nSPS) is 10.5. The van der Waals surface area contributed by atoms with Gasteiger partial charge in [-0.3, -0.25) is 9.59 Å². The van der Waals surface area contributed by atoms with E-state index in [-0.39, 0.29) is 11.2 Å². The lowest BCUT2D eigenvalue weighted by Crippen LogP contribution is -2.15. The number of aryl methyl sites for hydroxylation is 1. The fraction of sp³-hybridized carbons (Fsp3) is 0.158. The molecule has 0 bridgehead atoms. The highest BCUT2D eigenvalue weighted by atomic mass is 16.5. The second-order valence-electron chi connectivity index (χ2n) is 5.49. The Labute approximate surface area is 144 Å². The number of anilines is 1. The summed E-state index contributed by atoms with van der Waals surface area (Å²) in [7, 11) is 3.03. The second kappa shape index (κ2) is 6.68. The van der Waals surface area contributed by atoms with Crippen LogP contribution in [0.3, 0.4) is 0 Å². The van der Waals surface area contributed by atoms with Crippen molar-refractivity contribution in [3.63, 3.8) is 0 Å². The van der Waals surface area contributed by atoms with Gasteiger partial charge in [0.25, 0.3) is 5.91 Å². The average molecular weight is 339 g/mol. The molecule has 0 saturated carbocycles. The van der Waals surface area contributed by atoms with Crippen molar-refractivity contribution in [1.29, 1.82) is 0 Å². The fourth-order valence-electron chi connectivity index (χ4n) is 2.46. The van der Waals surface area contributed by atoms with Crippen molar-refractivity contribution in [2.45, 2.75) is 6.92 Å². The van der Waals surface area contributed by atoms with E-state index in [2.05, 4.69) is 5.32 Å². The van der Waals surface area contributed by atoms with Crippen LogP contribution in [0.4, 0.5) is 5.69 Å². The van der Waals surface area contributed by atoms with Gasteiger partial charge in [-0.05, 0) is 36.8 Å². The molecule has 0 aliphatic rings. The van der Waals surface area contributed by atoms with E-state index < -0.39 is 5.91 Å². The molecule has 0 fully saturated rings. The molecule has 1 N–H and O–H groups in total. The summed E-state index contributed by atoms with van der Waals surface area (Å²) in [5.74, 6) is 0.430. The van der Waals surface area contributed by atoms with Crippen molar-refractivity contribution in [2.75, 3.05) is 19.5 Å². The van der Waals surface area contributed by atoms with Gasteiger partial charge in [-0.2, -0.15) is 0 Å². The topological polar surface area (TPSA) is 77.8 Å². The van der Waals surface area contributed by atoms with Gasteiger partial charge in [0.2, 0.25) is 0 Å². The number of rotatable bonds is 4. The minimum absolute atomic E-state index is 0.0685. The van der Waals surface area contributed by atoms with Gasteiger partial charge in [-0.1, -0.05) is 6.07 Å².